The third-order valence-corrected chi connectivity index (χ3v) is 6.95. The van der Waals surface area contributed by atoms with Gasteiger partial charge in [0, 0.05) is 23.3 Å². The summed E-state index contributed by atoms with van der Waals surface area (Å²) in [7, 11) is 0. The van der Waals surface area contributed by atoms with E-state index in [2.05, 4.69) is 16.4 Å². The van der Waals surface area contributed by atoms with E-state index >= 15 is 0 Å². The van der Waals surface area contributed by atoms with E-state index in [1.807, 2.05) is 12.1 Å². The molecule has 4 nitrogen and oxygen atoms in total. The molecule has 0 saturated heterocycles. The van der Waals surface area contributed by atoms with Gasteiger partial charge in [-0.15, -0.1) is 11.3 Å². The Hall–Kier alpha value is -1.72. The van der Waals surface area contributed by atoms with E-state index in [1.54, 1.807) is 23.7 Å². The van der Waals surface area contributed by atoms with E-state index in [0.29, 0.717) is 5.92 Å². The van der Waals surface area contributed by atoms with Crippen molar-refractivity contribution < 1.29 is 9.90 Å². The molecule has 2 aromatic rings. The SMILES string of the molecule is O=C(N[C@H](Cc1ccncc1)C1CC(O)C1)c1cc2c(s1)CCCCC2. The second kappa shape index (κ2) is 7.89. The lowest BCUT2D eigenvalue weighted by Crippen LogP contribution is -2.48. The van der Waals surface area contributed by atoms with E-state index in [4.69, 9.17) is 0 Å². The first-order chi connectivity index (χ1) is 12.7. The Labute approximate surface area is 158 Å². The molecule has 1 saturated carbocycles. The fourth-order valence-corrected chi connectivity index (χ4v) is 5.24. The normalized spacial score (nSPS) is 23.4. The maximum absolute atomic E-state index is 12.9. The summed E-state index contributed by atoms with van der Waals surface area (Å²) in [4.78, 5) is 19.2. The lowest BCUT2D eigenvalue weighted by atomic mass is 9.75. The van der Waals surface area contributed by atoms with Gasteiger partial charge >= 0.3 is 0 Å². The Balaban J connectivity index is 1.47. The first-order valence-corrected chi connectivity index (χ1v) is 10.5. The fourth-order valence-electron chi connectivity index (χ4n) is 4.09. The zero-order chi connectivity index (χ0) is 17.9. The Kier molecular flexibility index (Phi) is 5.36. The number of hydrogen-bond donors (Lipinski definition) is 2. The molecule has 0 aromatic carbocycles. The van der Waals surface area contributed by atoms with Crippen LogP contribution in [0.3, 0.4) is 0 Å². The first kappa shape index (κ1) is 17.7. The number of carbonyl (C=O) groups is 1. The number of fused-ring (bicyclic) bond motifs is 1. The molecule has 1 amide bonds. The van der Waals surface area contributed by atoms with Crippen LogP contribution in [0.15, 0.2) is 30.6 Å². The average molecular weight is 371 g/mol. The van der Waals surface area contributed by atoms with Gasteiger partial charge in [-0.2, -0.15) is 0 Å². The van der Waals surface area contributed by atoms with Crippen molar-refractivity contribution in [3.8, 4) is 0 Å². The minimum Gasteiger partial charge on any atom is -0.393 e. The molecule has 4 rings (SSSR count). The molecule has 1 atom stereocenters. The van der Waals surface area contributed by atoms with Crippen LogP contribution >= 0.6 is 11.3 Å². The van der Waals surface area contributed by atoms with Gasteiger partial charge in [0.05, 0.1) is 11.0 Å². The third-order valence-electron chi connectivity index (χ3n) is 5.71. The molecule has 2 aliphatic carbocycles. The van der Waals surface area contributed by atoms with Gasteiger partial charge in [-0.25, -0.2) is 0 Å². The summed E-state index contributed by atoms with van der Waals surface area (Å²) in [5, 5.41) is 13.0. The van der Waals surface area contributed by atoms with Crippen molar-refractivity contribution in [1.82, 2.24) is 10.3 Å². The molecule has 138 valence electrons. The van der Waals surface area contributed by atoms with E-state index in [0.717, 1.165) is 37.0 Å². The number of aliphatic hydroxyl groups is 1. The first-order valence-electron chi connectivity index (χ1n) is 9.68. The van der Waals surface area contributed by atoms with Crippen molar-refractivity contribution >= 4 is 17.2 Å². The highest BCUT2D eigenvalue weighted by atomic mass is 32.1. The maximum atomic E-state index is 12.9. The molecule has 1 fully saturated rings. The number of pyridine rings is 1. The van der Waals surface area contributed by atoms with Crippen LogP contribution < -0.4 is 5.32 Å². The number of nitrogens with zero attached hydrogens (tertiary/aromatic N) is 1. The molecular weight excluding hydrogens is 344 g/mol. The number of amides is 1. The largest absolute Gasteiger partial charge is 0.393 e. The maximum Gasteiger partial charge on any atom is 0.261 e. The standard InChI is InChI=1S/C21H26N2O2S/c24-17-11-16(12-17)18(10-14-6-8-22-9-7-14)23-21(25)20-13-15-4-2-1-3-5-19(15)26-20/h6-9,13,16-18,24H,1-5,10-12H2,(H,23,25)/t16?,17?,18-/m1/s1. The van der Waals surface area contributed by atoms with Crippen molar-refractivity contribution in [3.05, 3.63) is 51.5 Å². The number of carbonyl (C=O) groups excluding carboxylic acids is 1. The fraction of sp³-hybridized carbons (Fsp3) is 0.524. The molecule has 0 unspecified atom stereocenters. The van der Waals surface area contributed by atoms with Crippen LogP contribution in [0, 0.1) is 5.92 Å². The Morgan fingerprint density at radius 1 is 1.23 bits per heavy atom. The van der Waals surface area contributed by atoms with E-state index in [-0.39, 0.29) is 18.1 Å². The number of thiophene rings is 1. The predicted octanol–water partition coefficient (Wildman–Crippen LogP) is 3.52. The molecule has 2 aliphatic rings. The van der Waals surface area contributed by atoms with Crippen molar-refractivity contribution in [2.24, 2.45) is 5.92 Å². The second-order valence-electron chi connectivity index (χ2n) is 7.64. The number of nitrogens with one attached hydrogen (secondary N) is 1. The topological polar surface area (TPSA) is 62.2 Å². The van der Waals surface area contributed by atoms with Crippen LogP contribution in [0.1, 0.15) is 57.8 Å². The van der Waals surface area contributed by atoms with E-state index in [9.17, 15) is 9.90 Å². The molecule has 26 heavy (non-hydrogen) atoms. The zero-order valence-corrected chi connectivity index (χ0v) is 15.8. The highest BCUT2D eigenvalue weighted by molar-refractivity contribution is 7.14. The van der Waals surface area contributed by atoms with Crippen LogP contribution in [0.2, 0.25) is 0 Å². The summed E-state index contributed by atoms with van der Waals surface area (Å²) >= 11 is 1.67. The van der Waals surface area contributed by atoms with Gasteiger partial charge in [-0.3, -0.25) is 9.78 Å². The highest BCUT2D eigenvalue weighted by Gasteiger charge is 2.35. The lowest BCUT2D eigenvalue weighted by molar-refractivity contribution is 0.0240. The molecule has 5 heteroatoms. The van der Waals surface area contributed by atoms with Gasteiger partial charge in [0.2, 0.25) is 0 Å². The number of aliphatic hydroxyl groups excluding tert-OH is 1. The van der Waals surface area contributed by atoms with E-state index < -0.39 is 0 Å². The summed E-state index contributed by atoms with van der Waals surface area (Å²) in [5.41, 5.74) is 2.55. The number of aromatic nitrogens is 1. The van der Waals surface area contributed by atoms with Crippen LogP contribution in [-0.2, 0) is 19.3 Å². The molecule has 2 heterocycles. The smallest absolute Gasteiger partial charge is 0.261 e. The minimum atomic E-state index is -0.213. The summed E-state index contributed by atoms with van der Waals surface area (Å²) in [6, 6.07) is 6.18. The Bertz CT molecular complexity index is 729. The van der Waals surface area contributed by atoms with Crippen molar-refractivity contribution in [3.63, 3.8) is 0 Å². The van der Waals surface area contributed by atoms with Crippen LogP contribution in [0.25, 0.3) is 0 Å². The summed E-state index contributed by atoms with van der Waals surface area (Å²) in [5.74, 6) is 0.392. The second-order valence-corrected chi connectivity index (χ2v) is 8.78. The molecular formula is C21H26N2O2S. The summed E-state index contributed by atoms with van der Waals surface area (Å²) in [6.07, 6.45) is 11.7. The summed E-state index contributed by atoms with van der Waals surface area (Å²) < 4.78 is 0. The molecule has 0 aliphatic heterocycles. The van der Waals surface area contributed by atoms with Gasteiger partial charge < -0.3 is 10.4 Å². The van der Waals surface area contributed by atoms with Gasteiger partial charge in [0.1, 0.15) is 0 Å². The van der Waals surface area contributed by atoms with Crippen molar-refractivity contribution in [1.29, 1.82) is 0 Å². The van der Waals surface area contributed by atoms with Gasteiger partial charge in [0.25, 0.3) is 5.91 Å². The van der Waals surface area contributed by atoms with Crippen LogP contribution in [0.5, 0.6) is 0 Å². The average Bonchev–Trinajstić information content (AvgIpc) is 2.90. The zero-order valence-electron chi connectivity index (χ0n) is 15.0. The quantitative estimate of drug-likeness (QED) is 0.792. The molecule has 0 radical (unpaired) electrons. The van der Waals surface area contributed by atoms with Gasteiger partial charge in [-0.05, 0) is 80.2 Å². The molecule has 2 aromatic heterocycles. The molecule has 0 spiro atoms. The third kappa shape index (κ3) is 3.99. The lowest BCUT2D eigenvalue weighted by Gasteiger charge is -2.38. The van der Waals surface area contributed by atoms with Crippen molar-refractivity contribution in [2.75, 3.05) is 0 Å². The minimum absolute atomic E-state index is 0.0449. The summed E-state index contributed by atoms with van der Waals surface area (Å²) in [6.45, 7) is 0. The number of hydrogen-bond acceptors (Lipinski definition) is 4. The van der Waals surface area contributed by atoms with Crippen LogP contribution in [-0.4, -0.2) is 28.1 Å². The highest BCUT2D eigenvalue weighted by Crippen LogP contribution is 2.33. The monoisotopic (exact) mass is 370 g/mol. The molecule has 0 bridgehead atoms. The van der Waals surface area contributed by atoms with Crippen molar-refractivity contribution in [2.45, 2.75) is 63.5 Å². The molecule has 2 N–H and O–H groups in total. The van der Waals surface area contributed by atoms with Crippen LogP contribution in [0.4, 0.5) is 0 Å². The van der Waals surface area contributed by atoms with Gasteiger partial charge in [0.15, 0.2) is 0 Å². The Morgan fingerprint density at radius 3 is 2.77 bits per heavy atom. The number of rotatable bonds is 5. The Morgan fingerprint density at radius 2 is 2.00 bits per heavy atom. The predicted molar refractivity (Wildman–Crippen MR) is 104 cm³/mol. The number of aryl methyl sites for hydroxylation is 2. The van der Waals surface area contributed by atoms with E-state index in [1.165, 1.54) is 35.3 Å². The van der Waals surface area contributed by atoms with Gasteiger partial charge in [-0.1, -0.05) is 6.42 Å².